The predicted molar refractivity (Wildman–Crippen MR) is 93.4 cm³/mol. The first-order valence-electron chi connectivity index (χ1n) is 8.36. The first kappa shape index (κ1) is 17.5. The van der Waals surface area contributed by atoms with Crippen LogP contribution in [0.25, 0.3) is 0 Å². The van der Waals surface area contributed by atoms with Crippen LogP contribution in [0.2, 0.25) is 5.02 Å². The van der Waals surface area contributed by atoms with Crippen LogP contribution in [-0.4, -0.2) is 69.3 Å². The second kappa shape index (κ2) is 7.30. The fraction of sp³-hybridized carbons (Fsp3) is 0.611. The smallest absolute Gasteiger partial charge is 0.260 e. The molecule has 1 spiro atoms. The minimum absolute atomic E-state index is 0.0394. The van der Waals surface area contributed by atoms with Gasteiger partial charge >= 0.3 is 0 Å². The van der Waals surface area contributed by atoms with Gasteiger partial charge in [-0.25, -0.2) is 0 Å². The Balaban J connectivity index is 1.57. The number of nitrogens with zero attached hydrogens (tertiary/aromatic N) is 2. The quantitative estimate of drug-likeness (QED) is 0.814. The number of carbonyl (C=O) groups excluding carboxylic acids is 1. The maximum atomic E-state index is 12.5. The van der Waals surface area contributed by atoms with Gasteiger partial charge in [0.2, 0.25) is 0 Å². The van der Waals surface area contributed by atoms with Crippen molar-refractivity contribution >= 4 is 17.5 Å². The fourth-order valence-corrected chi connectivity index (χ4v) is 4.28. The second-order valence-electron chi connectivity index (χ2n) is 7.02. The molecule has 2 saturated heterocycles. The van der Waals surface area contributed by atoms with Crippen LogP contribution in [0.4, 0.5) is 0 Å². The fourth-order valence-electron chi connectivity index (χ4n) is 4.10. The molecule has 1 aromatic rings. The van der Waals surface area contributed by atoms with Crippen molar-refractivity contribution in [2.45, 2.75) is 6.42 Å². The summed E-state index contributed by atoms with van der Waals surface area (Å²) < 4.78 is 11.0. The lowest BCUT2D eigenvalue weighted by molar-refractivity contribution is -0.132. The molecule has 0 aliphatic carbocycles. The minimum atomic E-state index is 0.0394. The monoisotopic (exact) mass is 352 g/mol. The molecule has 2 aliphatic heterocycles. The first-order chi connectivity index (χ1) is 11.5. The molecule has 2 heterocycles. The number of ether oxygens (including phenoxy) is 2. The second-order valence-corrected chi connectivity index (χ2v) is 7.46. The van der Waals surface area contributed by atoms with Crippen molar-refractivity contribution in [1.29, 1.82) is 0 Å². The summed E-state index contributed by atoms with van der Waals surface area (Å²) in [6.07, 6.45) is 1.04. The summed E-state index contributed by atoms with van der Waals surface area (Å²) in [5.41, 5.74) is 0.163. The van der Waals surface area contributed by atoms with E-state index in [1.54, 1.807) is 19.2 Å². The zero-order valence-corrected chi connectivity index (χ0v) is 15.1. The molecule has 0 bridgehead atoms. The van der Waals surface area contributed by atoms with E-state index in [1.165, 1.54) is 0 Å². The Morgan fingerprint density at radius 1 is 1.42 bits per heavy atom. The van der Waals surface area contributed by atoms with E-state index >= 15 is 0 Å². The number of amides is 1. The molecule has 0 N–H and O–H groups in total. The van der Waals surface area contributed by atoms with E-state index in [0.29, 0.717) is 16.7 Å². The molecule has 5 nitrogen and oxygen atoms in total. The molecular formula is C18H25ClN2O3. The number of carbonyl (C=O) groups is 1. The summed E-state index contributed by atoms with van der Waals surface area (Å²) in [7, 11) is 3.90. The molecule has 6 heteroatoms. The first-order valence-corrected chi connectivity index (χ1v) is 8.74. The molecule has 0 saturated carbocycles. The Labute approximate surface area is 148 Å². The largest absolute Gasteiger partial charge is 0.484 e. The Morgan fingerprint density at radius 3 is 3.00 bits per heavy atom. The van der Waals surface area contributed by atoms with Crippen LogP contribution in [0, 0.1) is 11.3 Å². The summed E-state index contributed by atoms with van der Waals surface area (Å²) in [6, 6.07) is 7.13. The average molecular weight is 353 g/mol. The maximum Gasteiger partial charge on any atom is 0.260 e. The third-order valence-electron chi connectivity index (χ3n) is 5.25. The molecule has 1 aromatic carbocycles. The number of methoxy groups -OCH3 is 1. The van der Waals surface area contributed by atoms with E-state index < -0.39 is 0 Å². The molecule has 24 heavy (non-hydrogen) atoms. The minimum Gasteiger partial charge on any atom is -0.484 e. The van der Waals surface area contributed by atoms with Gasteiger partial charge in [-0.15, -0.1) is 0 Å². The molecule has 2 atom stereocenters. The van der Waals surface area contributed by atoms with Gasteiger partial charge in [0, 0.05) is 49.6 Å². The highest BCUT2D eigenvalue weighted by molar-refractivity contribution is 6.30. The number of hydrogen-bond donors (Lipinski definition) is 0. The Bertz CT molecular complexity index is 597. The molecule has 0 radical (unpaired) electrons. The van der Waals surface area contributed by atoms with Crippen molar-refractivity contribution in [3.63, 3.8) is 0 Å². The summed E-state index contributed by atoms with van der Waals surface area (Å²) in [6.45, 7) is 4.47. The van der Waals surface area contributed by atoms with E-state index in [1.807, 2.05) is 17.0 Å². The lowest BCUT2D eigenvalue weighted by atomic mass is 9.78. The van der Waals surface area contributed by atoms with Crippen molar-refractivity contribution < 1.29 is 14.3 Å². The van der Waals surface area contributed by atoms with Gasteiger partial charge in [-0.2, -0.15) is 0 Å². The van der Waals surface area contributed by atoms with Crippen LogP contribution < -0.4 is 4.74 Å². The van der Waals surface area contributed by atoms with Crippen molar-refractivity contribution in [1.82, 2.24) is 9.80 Å². The topological polar surface area (TPSA) is 42.0 Å². The van der Waals surface area contributed by atoms with Crippen LogP contribution >= 0.6 is 11.6 Å². The number of benzene rings is 1. The summed E-state index contributed by atoms with van der Waals surface area (Å²) in [5, 5.41) is 0.608. The Kier molecular flexibility index (Phi) is 5.33. The van der Waals surface area contributed by atoms with E-state index in [-0.39, 0.29) is 17.9 Å². The van der Waals surface area contributed by atoms with Crippen molar-refractivity contribution in [3.05, 3.63) is 29.3 Å². The molecule has 0 unspecified atom stereocenters. The predicted octanol–water partition coefficient (Wildman–Crippen LogP) is 2.15. The van der Waals surface area contributed by atoms with Crippen molar-refractivity contribution in [3.8, 4) is 5.75 Å². The van der Waals surface area contributed by atoms with Crippen LogP contribution in [-0.2, 0) is 9.53 Å². The third kappa shape index (κ3) is 3.68. The van der Waals surface area contributed by atoms with Gasteiger partial charge in [0.05, 0.1) is 6.61 Å². The van der Waals surface area contributed by atoms with Gasteiger partial charge in [-0.3, -0.25) is 4.79 Å². The van der Waals surface area contributed by atoms with E-state index in [0.717, 1.165) is 39.2 Å². The Morgan fingerprint density at radius 2 is 2.25 bits per heavy atom. The van der Waals surface area contributed by atoms with Gasteiger partial charge in [0.1, 0.15) is 5.75 Å². The van der Waals surface area contributed by atoms with Crippen molar-refractivity contribution in [2.75, 3.05) is 53.6 Å². The van der Waals surface area contributed by atoms with Crippen LogP contribution in [0.15, 0.2) is 24.3 Å². The molecule has 1 amide bonds. The van der Waals surface area contributed by atoms with Crippen LogP contribution in [0.1, 0.15) is 6.42 Å². The lowest BCUT2D eigenvalue weighted by Gasteiger charge is -2.30. The van der Waals surface area contributed by atoms with Gasteiger partial charge in [0.15, 0.2) is 6.61 Å². The Hall–Kier alpha value is -1.30. The van der Waals surface area contributed by atoms with Crippen LogP contribution in [0.3, 0.4) is 0 Å². The number of likely N-dealkylation sites (tertiary alicyclic amines) is 2. The number of hydrogen-bond acceptors (Lipinski definition) is 4. The maximum absolute atomic E-state index is 12.5. The molecule has 3 rings (SSSR count). The number of rotatable bonds is 5. The average Bonchev–Trinajstić information content (AvgIpc) is 3.10. The zero-order valence-electron chi connectivity index (χ0n) is 14.3. The molecular weight excluding hydrogens is 328 g/mol. The standard InChI is InChI=1S/C18H25ClN2O3/c1-20-9-14(10-23-2)18(12-20)6-7-21(13-18)17(22)11-24-16-5-3-4-15(19)8-16/h3-5,8,14H,6-7,9-13H2,1-2H3/t14-,18+/m1/s1. The summed E-state index contributed by atoms with van der Waals surface area (Å²) >= 11 is 5.94. The highest BCUT2D eigenvalue weighted by Crippen LogP contribution is 2.43. The van der Waals surface area contributed by atoms with Gasteiger partial charge in [0.25, 0.3) is 5.91 Å². The zero-order chi connectivity index (χ0) is 17.2. The highest BCUT2D eigenvalue weighted by atomic mass is 35.5. The van der Waals surface area contributed by atoms with Gasteiger partial charge in [-0.05, 0) is 31.7 Å². The van der Waals surface area contributed by atoms with Gasteiger partial charge < -0.3 is 19.3 Å². The normalized spacial score (nSPS) is 27.1. The molecule has 132 valence electrons. The van der Waals surface area contributed by atoms with E-state index in [4.69, 9.17) is 21.1 Å². The van der Waals surface area contributed by atoms with E-state index in [2.05, 4.69) is 11.9 Å². The van der Waals surface area contributed by atoms with E-state index in [9.17, 15) is 4.79 Å². The van der Waals surface area contributed by atoms with Gasteiger partial charge in [-0.1, -0.05) is 17.7 Å². The summed E-state index contributed by atoms with van der Waals surface area (Å²) in [5.74, 6) is 1.15. The number of halogens is 1. The van der Waals surface area contributed by atoms with Crippen LogP contribution in [0.5, 0.6) is 5.75 Å². The molecule has 0 aromatic heterocycles. The molecule has 2 aliphatic rings. The highest BCUT2D eigenvalue weighted by Gasteiger charge is 2.50. The van der Waals surface area contributed by atoms with Crippen molar-refractivity contribution in [2.24, 2.45) is 11.3 Å². The SMILES string of the molecule is COC[C@H]1CN(C)C[C@]12CCN(C(=O)COc1cccc(Cl)c1)C2. The third-order valence-corrected chi connectivity index (χ3v) is 5.48. The molecule has 2 fully saturated rings. The summed E-state index contributed by atoms with van der Waals surface area (Å²) in [4.78, 5) is 16.8. The lowest BCUT2D eigenvalue weighted by Crippen LogP contribution is -2.39.